The van der Waals surface area contributed by atoms with E-state index < -0.39 is 0 Å². The van der Waals surface area contributed by atoms with Crippen LogP contribution in [-0.4, -0.2) is 30.0 Å². The van der Waals surface area contributed by atoms with Crippen LogP contribution in [0.5, 0.6) is 5.75 Å². The number of nitrogens with one attached hydrogen (secondary N) is 1. The van der Waals surface area contributed by atoms with Crippen LogP contribution in [0, 0.1) is 12.7 Å². The van der Waals surface area contributed by atoms with Gasteiger partial charge in [0.2, 0.25) is 0 Å². The first-order chi connectivity index (χ1) is 13.6. The molecule has 5 heteroatoms. The number of unbranched alkanes of at least 4 members (excludes halogenated alkanes) is 3. The Hall–Kier alpha value is -2.40. The van der Waals surface area contributed by atoms with E-state index in [1.807, 2.05) is 36.9 Å². The van der Waals surface area contributed by atoms with Gasteiger partial charge in [-0.3, -0.25) is 4.68 Å². The van der Waals surface area contributed by atoms with Crippen molar-refractivity contribution >= 4 is 10.9 Å². The summed E-state index contributed by atoms with van der Waals surface area (Å²) in [5, 5.41) is 8.77. The molecule has 0 atom stereocenters. The number of benzene rings is 2. The molecule has 3 rings (SSSR count). The standard InChI is InChI=1S/C23H30FN3O/c1-4-27-22-15-17(2)9-11-20(22)23(26-27)19-12-10-18(16-21(19)24)28-14-8-6-5-7-13-25-3/h9-12,15-16,25H,4-8,13-14H2,1-3H3. The van der Waals surface area contributed by atoms with Crippen molar-refractivity contribution in [1.82, 2.24) is 15.1 Å². The summed E-state index contributed by atoms with van der Waals surface area (Å²) in [5.74, 6) is 0.279. The number of ether oxygens (including phenoxy) is 1. The Morgan fingerprint density at radius 3 is 2.64 bits per heavy atom. The van der Waals surface area contributed by atoms with Crippen LogP contribution in [0.4, 0.5) is 4.39 Å². The molecule has 0 spiro atoms. The second-order valence-corrected chi connectivity index (χ2v) is 7.19. The average molecular weight is 384 g/mol. The Kier molecular flexibility index (Phi) is 7.04. The fraction of sp³-hybridized carbons (Fsp3) is 0.435. The molecular formula is C23H30FN3O. The minimum Gasteiger partial charge on any atom is -0.493 e. The third-order valence-corrected chi connectivity index (χ3v) is 4.99. The molecule has 1 heterocycles. The van der Waals surface area contributed by atoms with Crippen molar-refractivity contribution < 1.29 is 9.13 Å². The highest BCUT2D eigenvalue weighted by atomic mass is 19.1. The zero-order valence-corrected chi connectivity index (χ0v) is 17.1. The van der Waals surface area contributed by atoms with E-state index in [-0.39, 0.29) is 5.82 Å². The molecule has 0 aliphatic rings. The largest absolute Gasteiger partial charge is 0.493 e. The number of hydrogen-bond donors (Lipinski definition) is 1. The number of aryl methyl sites for hydroxylation is 2. The van der Waals surface area contributed by atoms with Gasteiger partial charge in [0.1, 0.15) is 17.3 Å². The van der Waals surface area contributed by atoms with Crippen molar-refractivity contribution in [2.24, 2.45) is 0 Å². The second kappa shape index (κ2) is 9.69. The predicted octanol–water partition coefficient (Wildman–Crippen LogP) is 5.33. The average Bonchev–Trinajstić information content (AvgIpc) is 3.05. The Bertz CT molecular complexity index is 920. The number of nitrogens with zero attached hydrogens (tertiary/aromatic N) is 2. The van der Waals surface area contributed by atoms with E-state index in [0.29, 0.717) is 23.6 Å². The molecule has 0 unspecified atom stereocenters. The number of rotatable bonds is 10. The zero-order chi connectivity index (χ0) is 19.9. The van der Waals surface area contributed by atoms with Crippen LogP contribution in [0.25, 0.3) is 22.2 Å². The summed E-state index contributed by atoms with van der Waals surface area (Å²) in [7, 11) is 1.97. The molecule has 0 amide bonds. The molecule has 2 aromatic carbocycles. The molecule has 0 aliphatic carbocycles. The van der Waals surface area contributed by atoms with Crippen molar-refractivity contribution in [2.75, 3.05) is 20.2 Å². The molecule has 0 saturated heterocycles. The molecular weight excluding hydrogens is 353 g/mol. The fourth-order valence-corrected chi connectivity index (χ4v) is 3.45. The van der Waals surface area contributed by atoms with Crippen molar-refractivity contribution in [2.45, 2.75) is 46.1 Å². The lowest BCUT2D eigenvalue weighted by Crippen LogP contribution is -2.07. The fourth-order valence-electron chi connectivity index (χ4n) is 3.45. The monoisotopic (exact) mass is 383 g/mol. The van der Waals surface area contributed by atoms with Crippen LogP contribution < -0.4 is 10.1 Å². The van der Waals surface area contributed by atoms with Crippen LogP contribution >= 0.6 is 0 Å². The Morgan fingerprint density at radius 1 is 1.07 bits per heavy atom. The van der Waals surface area contributed by atoms with Crippen molar-refractivity contribution in [1.29, 1.82) is 0 Å². The molecule has 150 valence electrons. The number of fused-ring (bicyclic) bond motifs is 1. The molecule has 0 bridgehead atoms. The maximum Gasteiger partial charge on any atom is 0.136 e. The van der Waals surface area contributed by atoms with Gasteiger partial charge < -0.3 is 10.1 Å². The van der Waals surface area contributed by atoms with E-state index >= 15 is 0 Å². The van der Waals surface area contributed by atoms with Gasteiger partial charge in [0.25, 0.3) is 0 Å². The van der Waals surface area contributed by atoms with E-state index in [9.17, 15) is 4.39 Å². The topological polar surface area (TPSA) is 39.1 Å². The third-order valence-electron chi connectivity index (χ3n) is 4.99. The predicted molar refractivity (Wildman–Crippen MR) is 113 cm³/mol. The van der Waals surface area contributed by atoms with Gasteiger partial charge in [0, 0.05) is 23.6 Å². The smallest absolute Gasteiger partial charge is 0.136 e. The van der Waals surface area contributed by atoms with Crippen molar-refractivity contribution in [3.8, 4) is 17.0 Å². The van der Waals surface area contributed by atoms with E-state index in [4.69, 9.17) is 4.74 Å². The Morgan fingerprint density at radius 2 is 1.89 bits per heavy atom. The summed E-state index contributed by atoms with van der Waals surface area (Å²) < 4.78 is 22.5. The zero-order valence-electron chi connectivity index (χ0n) is 17.1. The maximum atomic E-state index is 14.8. The van der Waals surface area contributed by atoms with Crippen LogP contribution in [0.3, 0.4) is 0 Å². The highest BCUT2D eigenvalue weighted by molar-refractivity contribution is 5.93. The Labute approximate surface area is 166 Å². The summed E-state index contributed by atoms with van der Waals surface area (Å²) in [6.45, 7) is 6.52. The summed E-state index contributed by atoms with van der Waals surface area (Å²) in [6, 6.07) is 11.3. The normalized spacial score (nSPS) is 11.3. The van der Waals surface area contributed by atoms with Crippen molar-refractivity contribution in [3.05, 3.63) is 47.8 Å². The van der Waals surface area contributed by atoms with Gasteiger partial charge in [-0.25, -0.2) is 4.39 Å². The van der Waals surface area contributed by atoms with E-state index in [1.54, 1.807) is 6.07 Å². The summed E-state index contributed by atoms with van der Waals surface area (Å²) in [5.41, 5.74) is 3.41. The second-order valence-electron chi connectivity index (χ2n) is 7.19. The molecule has 0 fully saturated rings. The number of halogens is 1. The number of aromatic nitrogens is 2. The lowest BCUT2D eigenvalue weighted by molar-refractivity contribution is 0.303. The quantitative estimate of drug-likeness (QED) is 0.481. The summed E-state index contributed by atoms with van der Waals surface area (Å²) in [4.78, 5) is 0. The minimum atomic E-state index is -0.297. The van der Waals surface area contributed by atoms with Crippen molar-refractivity contribution in [3.63, 3.8) is 0 Å². The van der Waals surface area contributed by atoms with Gasteiger partial charge in [0.15, 0.2) is 0 Å². The first kappa shape index (κ1) is 20.3. The van der Waals surface area contributed by atoms with Crippen LogP contribution in [0.15, 0.2) is 36.4 Å². The van der Waals surface area contributed by atoms with E-state index in [0.717, 1.165) is 36.8 Å². The molecule has 0 saturated carbocycles. The molecule has 1 aromatic heterocycles. The Balaban J connectivity index is 1.70. The SMILES string of the molecule is CCn1nc(-c2ccc(OCCCCCCNC)cc2F)c2ccc(C)cc21. The summed E-state index contributed by atoms with van der Waals surface area (Å²) >= 11 is 0. The van der Waals surface area contributed by atoms with Gasteiger partial charge in [-0.15, -0.1) is 0 Å². The third kappa shape index (κ3) is 4.71. The van der Waals surface area contributed by atoms with E-state index in [1.165, 1.54) is 24.5 Å². The summed E-state index contributed by atoms with van der Waals surface area (Å²) in [6.07, 6.45) is 4.47. The van der Waals surface area contributed by atoms with Gasteiger partial charge in [-0.1, -0.05) is 25.0 Å². The highest BCUT2D eigenvalue weighted by Gasteiger charge is 2.16. The molecule has 0 aliphatic heterocycles. The van der Waals surface area contributed by atoms with Gasteiger partial charge in [-0.2, -0.15) is 5.10 Å². The maximum absolute atomic E-state index is 14.8. The number of hydrogen-bond acceptors (Lipinski definition) is 3. The van der Waals surface area contributed by atoms with Crippen LogP contribution in [0.2, 0.25) is 0 Å². The molecule has 0 radical (unpaired) electrons. The van der Waals surface area contributed by atoms with Gasteiger partial charge in [-0.05, 0) is 64.0 Å². The first-order valence-electron chi connectivity index (χ1n) is 10.2. The lowest BCUT2D eigenvalue weighted by Gasteiger charge is -2.08. The molecule has 1 N–H and O–H groups in total. The molecule has 3 aromatic rings. The van der Waals surface area contributed by atoms with Crippen LogP contribution in [0.1, 0.15) is 38.2 Å². The van der Waals surface area contributed by atoms with Gasteiger partial charge in [0.05, 0.1) is 12.1 Å². The van der Waals surface area contributed by atoms with E-state index in [2.05, 4.69) is 23.4 Å². The van der Waals surface area contributed by atoms with Gasteiger partial charge >= 0.3 is 0 Å². The molecule has 28 heavy (non-hydrogen) atoms. The van der Waals surface area contributed by atoms with Crippen LogP contribution in [-0.2, 0) is 6.54 Å². The highest BCUT2D eigenvalue weighted by Crippen LogP contribution is 2.32. The minimum absolute atomic E-state index is 0.297. The molecule has 4 nitrogen and oxygen atoms in total. The first-order valence-corrected chi connectivity index (χ1v) is 10.2. The lowest BCUT2D eigenvalue weighted by atomic mass is 10.1.